The van der Waals surface area contributed by atoms with Crippen LogP contribution in [0.3, 0.4) is 0 Å². The molecule has 5 nitrogen and oxygen atoms in total. The lowest BCUT2D eigenvalue weighted by Crippen LogP contribution is -2.59. The standard InChI is InChI=1S/C11H20N2O3/c1-3-8(9(14)15)13-10(16)11(2)6-4-5-7-12-11/h8,12H,3-7H2,1-2H3,(H,13,16)(H,14,15)/t8-,11?/m1/s1. The molecular weight excluding hydrogens is 208 g/mol. The largest absolute Gasteiger partial charge is 0.480 e. The number of amides is 1. The van der Waals surface area contributed by atoms with Crippen LogP contribution in [0.1, 0.15) is 39.5 Å². The van der Waals surface area contributed by atoms with Gasteiger partial charge in [-0.3, -0.25) is 4.79 Å². The summed E-state index contributed by atoms with van der Waals surface area (Å²) in [6, 6.07) is -0.784. The molecule has 0 aliphatic carbocycles. The number of rotatable bonds is 4. The van der Waals surface area contributed by atoms with E-state index in [0.29, 0.717) is 6.42 Å². The Morgan fingerprint density at radius 2 is 2.19 bits per heavy atom. The molecule has 16 heavy (non-hydrogen) atoms. The van der Waals surface area contributed by atoms with Crippen molar-refractivity contribution in [3.63, 3.8) is 0 Å². The Morgan fingerprint density at radius 3 is 2.62 bits per heavy atom. The van der Waals surface area contributed by atoms with Crippen LogP contribution in [-0.4, -0.2) is 35.1 Å². The number of piperidine rings is 1. The minimum absolute atomic E-state index is 0.207. The van der Waals surface area contributed by atoms with Gasteiger partial charge in [0, 0.05) is 0 Å². The van der Waals surface area contributed by atoms with E-state index in [2.05, 4.69) is 10.6 Å². The summed E-state index contributed by atoms with van der Waals surface area (Å²) >= 11 is 0. The molecule has 1 fully saturated rings. The zero-order valence-electron chi connectivity index (χ0n) is 9.88. The van der Waals surface area contributed by atoms with Gasteiger partial charge in [0.25, 0.3) is 0 Å². The molecule has 5 heteroatoms. The van der Waals surface area contributed by atoms with E-state index >= 15 is 0 Å². The molecule has 1 heterocycles. The highest BCUT2D eigenvalue weighted by Crippen LogP contribution is 2.19. The van der Waals surface area contributed by atoms with Gasteiger partial charge in [0.1, 0.15) is 6.04 Å². The highest BCUT2D eigenvalue weighted by molar-refractivity contribution is 5.89. The van der Waals surface area contributed by atoms with Crippen molar-refractivity contribution in [2.24, 2.45) is 0 Å². The summed E-state index contributed by atoms with van der Waals surface area (Å²) in [4.78, 5) is 22.8. The highest BCUT2D eigenvalue weighted by Gasteiger charge is 2.35. The lowest BCUT2D eigenvalue weighted by Gasteiger charge is -2.34. The Morgan fingerprint density at radius 1 is 1.50 bits per heavy atom. The van der Waals surface area contributed by atoms with Crippen molar-refractivity contribution in [1.82, 2.24) is 10.6 Å². The maximum atomic E-state index is 12.0. The first-order valence-electron chi connectivity index (χ1n) is 5.78. The molecule has 0 aromatic rings. The molecule has 1 unspecified atom stereocenters. The van der Waals surface area contributed by atoms with Crippen molar-refractivity contribution in [2.45, 2.75) is 51.1 Å². The fraction of sp³-hybridized carbons (Fsp3) is 0.818. The Balaban J connectivity index is 2.59. The van der Waals surface area contributed by atoms with Gasteiger partial charge in [0.15, 0.2) is 0 Å². The fourth-order valence-electron chi connectivity index (χ4n) is 1.91. The van der Waals surface area contributed by atoms with Crippen LogP contribution in [0.5, 0.6) is 0 Å². The third-order valence-electron chi connectivity index (χ3n) is 3.13. The second-order valence-electron chi connectivity index (χ2n) is 4.49. The SMILES string of the molecule is CC[C@@H](NC(=O)C1(C)CCCCN1)C(=O)O. The molecule has 92 valence electrons. The molecule has 1 saturated heterocycles. The van der Waals surface area contributed by atoms with Gasteiger partial charge in [0.05, 0.1) is 5.54 Å². The predicted molar refractivity (Wildman–Crippen MR) is 60.1 cm³/mol. The van der Waals surface area contributed by atoms with Crippen molar-refractivity contribution < 1.29 is 14.7 Å². The molecule has 0 spiro atoms. The molecule has 0 bridgehead atoms. The lowest BCUT2D eigenvalue weighted by molar-refractivity contribution is -0.143. The van der Waals surface area contributed by atoms with Crippen LogP contribution in [-0.2, 0) is 9.59 Å². The van der Waals surface area contributed by atoms with E-state index in [1.165, 1.54) is 0 Å². The summed E-state index contributed by atoms with van der Waals surface area (Å²) in [6.45, 7) is 4.39. The number of nitrogens with one attached hydrogen (secondary N) is 2. The van der Waals surface area contributed by atoms with E-state index in [1.54, 1.807) is 6.92 Å². The topological polar surface area (TPSA) is 78.4 Å². The average molecular weight is 228 g/mol. The van der Waals surface area contributed by atoms with E-state index in [1.807, 2.05) is 6.92 Å². The normalized spacial score (nSPS) is 27.1. The van der Waals surface area contributed by atoms with Crippen molar-refractivity contribution in [2.75, 3.05) is 6.54 Å². The first-order valence-corrected chi connectivity index (χ1v) is 5.78. The highest BCUT2D eigenvalue weighted by atomic mass is 16.4. The number of carbonyl (C=O) groups excluding carboxylic acids is 1. The van der Waals surface area contributed by atoms with Gasteiger partial charge in [0.2, 0.25) is 5.91 Å². The molecule has 0 aromatic carbocycles. The quantitative estimate of drug-likeness (QED) is 0.654. The van der Waals surface area contributed by atoms with Crippen molar-refractivity contribution >= 4 is 11.9 Å². The Labute approximate surface area is 95.6 Å². The predicted octanol–water partition coefficient (Wildman–Crippen LogP) is 0.498. The molecule has 3 N–H and O–H groups in total. The maximum Gasteiger partial charge on any atom is 0.326 e. The van der Waals surface area contributed by atoms with Crippen LogP contribution < -0.4 is 10.6 Å². The van der Waals surface area contributed by atoms with Crippen LogP contribution in [0, 0.1) is 0 Å². The Kier molecular flexibility index (Phi) is 4.29. The summed E-state index contributed by atoms with van der Waals surface area (Å²) in [5.74, 6) is -1.18. The van der Waals surface area contributed by atoms with Gasteiger partial charge >= 0.3 is 5.97 Å². The monoisotopic (exact) mass is 228 g/mol. The molecule has 1 aliphatic rings. The van der Waals surface area contributed by atoms with Crippen LogP contribution in [0.2, 0.25) is 0 Å². The van der Waals surface area contributed by atoms with E-state index in [-0.39, 0.29) is 5.91 Å². The lowest BCUT2D eigenvalue weighted by atomic mass is 9.90. The van der Waals surface area contributed by atoms with Gasteiger partial charge in [-0.05, 0) is 39.2 Å². The van der Waals surface area contributed by atoms with Gasteiger partial charge in [-0.1, -0.05) is 6.92 Å². The van der Waals surface area contributed by atoms with Crippen molar-refractivity contribution in [1.29, 1.82) is 0 Å². The maximum absolute atomic E-state index is 12.0. The first-order chi connectivity index (χ1) is 7.49. The Bertz CT molecular complexity index is 272. The summed E-state index contributed by atoms with van der Waals surface area (Å²) in [6.07, 6.45) is 3.23. The molecule has 0 aromatic heterocycles. The second kappa shape index (κ2) is 5.30. The molecule has 0 saturated carbocycles. The fourth-order valence-corrected chi connectivity index (χ4v) is 1.91. The smallest absolute Gasteiger partial charge is 0.326 e. The molecule has 2 atom stereocenters. The first kappa shape index (κ1) is 13.0. The van der Waals surface area contributed by atoms with Crippen LogP contribution in [0.15, 0.2) is 0 Å². The zero-order chi connectivity index (χ0) is 12.2. The van der Waals surface area contributed by atoms with Gasteiger partial charge in [-0.15, -0.1) is 0 Å². The van der Waals surface area contributed by atoms with Gasteiger partial charge in [-0.2, -0.15) is 0 Å². The van der Waals surface area contributed by atoms with E-state index in [4.69, 9.17) is 5.11 Å². The Hall–Kier alpha value is -1.10. The summed E-state index contributed by atoms with van der Waals surface area (Å²) in [5, 5.41) is 14.6. The number of aliphatic carboxylic acids is 1. The molecular formula is C11H20N2O3. The molecule has 1 aliphatic heterocycles. The third-order valence-corrected chi connectivity index (χ3v) is 3.13. The average Bonchev–Trinajstić information content (AvgIpc) is 2.26. The number of hydrogen-bond acceptors (Lipinski definition) is 3. The van der Waals surface area contributed by atoms with E-state index in [9.17, 15) is 9.59 Å². The minimum Gasteiger partial charge on any atom is -0.480 e. The number of carboxylic acid groups (broad SMARTS) is 1. The van der Waals surface area contributed by atoms with Crippen LogP contribution in [0.25, 0.3) is 0 Å². The van der Waals surface area contributed by atoms with Gasteiger partial charge < -0.3 is 15.7 Å². The van der Waals surface area contributed by atoms with Crippen LogP contribution >= 0.6 is 0 Å². The zero-order valence-corrected chi connectivity index (χ0v) is 9.88. The molecule has 1 rings (SSSR count). The summed E-state index contributed by atoms with van der Waals surface area (Å²) in [5.41, 5.74) is -0.610. The van der Waals surface area contributed by atoms with E-state index < -0.39 is 17.6 Å². The molecule has 1 amide bonds. The second-order valence-corrected chi connectivity index (χ2v) is 4.49. The summed E-state index contributed by atoms with van der Waals surface area (Å²) in [7, 11) is 0. The summed E-state index contributed by atoms with van der Waals surface area (Å²) < 4.78 is 0. The van der Waals surface area contributed by atoms with Crippen molar-refractivity contribution in [3.8, 4) is 0 Å². The number of carboxylic acids is 1. The third kappa shape index (κ3) is 2.95. The number of carbonyl (C=O) groups is 2. The van der Waals surface area contributed by atoms with Crippen LogP contribution in [0.4, 0.5) is 0 Å². The number of hydrogen-bond donors (Lipinski definition) is 3. The van der Waals surface area contributed by atoms with Crippen molar-refractivity contribution in [3.05, 3.63) is 0 Å². The minimum atomic E-state index is -0.977. The van der Waals surface area contributed by atoms with E-state index in [0.717, 1.165) is 25.8 Å². The van der Waals surface area contributed by atoms with Gasteiger partial charge in [-0.25, -0.2) is 4.79 Å². The molecule has 0 radical (unpaired) electrons.